The Balaban J connectivity index is 5.49. The first-order valence-electron chi connectivity index (χ1n) is 11.1. The molecule has 0 aromatic carbocycles. The third-order valence-corrected chi connectivity index (χ3v) is 4.35. The van der Waals surface area contributed by atoms with Gasteiger partial charge >= 0.3 is 12.1 Å². The standard InChI is InChI=1S/C22H36N6O6/c1-7-10-16(20(31)32)25-19(30)17(13-14(2)3)26-18(29)15(11-8-9-12-24-28-23)27-21(33)34-22(4,5)6/h1,14-17H,8-13H2,2-6H3,(H,25,30)(H,26,29)(H,27,33)(H,31,32)/t15-,16-,17-/m0/s1. The fraction of sp³-hybridized carbons (Fsp3) is 0.727. The zero-order chi connectivity index (χ0) is 26.3. The van der Waals surface area contributed by atoms with Crippen LogP contribution in [-0.2, 0) is 19.1 Å². The molecule has 190 valence electrons. The van der Waals surface area contributed by atoms with Gasteiger partial charge < -0.3 is 25.8 Å². The molecule has 0 aliphatic rings. The Morgan fingerprint density at radius 3 is 2.15 bits per heavy atom. The van der Waals surface area contributed by atoms with Crippen LogP contribution in [0.5, 0.6) is 0 Å². The Morgan fingerprint density at radius 1 is 1.06 bits per heavy atom. The van der Waals surface area contributed by atoms with Crippen molar-refractivity contribution >= 4 is 23.9 Å². The third-order valence-electron chi connectivity index (χ3n) is 4.35. The number of terminal acetylenes is 1. The van der Waals surface area contributed by atoms with E-state index in [1.807, 2.05) is 13.8 Å². The molecule has 0 rings (SSSR count). The van der Waals surface area contributed by atoms with Crippen LogP contribution in [0, 0.1) is 18.3 Å². The van der Waals surface area contributed by atoms with E-state index in [1.165, 1.54) is 0 Å². The van der Waals surface area contributed by atoms with Crippen molar-refractivity contribution in [3.63, 3.8) is 0 Å². The number of ether oxygens (including phenoxy) is 1. The Morgan fingerprint density at radius 2 is 1.65 bits per heavy atom. The van der Waals surface area contributed by atoms with Gasteiger partial charge in [-0.15, -0.1) is 12.3 Å². The number of carbonyl (C=O) groups excluding carboxylic acids is 3. The lowest BCUT2D eigenvalue weighted by molar-refractivity contribution is -0.142. The monoisotopic (exact) mass is 480 g/mol. The molecule has 0 saturated heterocycles. The van der Waals surface area contributed by atoms with Crippen molar-refractivity contribution in [2.45, 2.75) is 90.4 Å². The lowest BCUT2D eigenvalue weighted by Crippen LogP contribution is -2.56. The maximum atomic E-state index is 13.0. The summed E-state index contributed by atoms with van der Waals surface area (Å²) in [6, 6.07) is -3.36. The van der Waals surface area contributed by atoms with E-state index in [-0.39, 0.29) is 31.7 Å². The van der Waals surface area contributed by atoms with Crippen molar-refractivity contribution in [2.75, 3.05) is 6.54 Å². The molecule has 0 heterocycles. The van der Waals surface area contributed by atoms with Crippen molar-refractivity contribution in [2.24, 2.45) is 11.0 Å². The van der Waals surface area contributed by atoms with Gasteiger partial charge in [-0.1, -0.05) is 25.4 Å². The summed E-state index contributed by atoms with van der Waals surface area (Å²) in [6.07, 6.45) is 5.55. The van der Waals surface area contributed by atoms with Crippen LogP contribution >= 0.6 is 0 Å². The van der Waals surface area contributed by atoms with Crippen molar-refractivity contribution in [1.29, 1.82) is 0 Å². The molecule has 0 aromatic rings. The second-order valence-corrected chi connectivity index (χ2v) is 9.15. The molecule has 0 spiro atoms. The van der Waals surface area contributed by atoms with Crippen LogP contribution in [-0.4, -0.2) is 59.3 Å². The van der Waals surface area contributed by atoms with Crippen molar-refractivity contribution in [3.05, 3.63) is 10.4 Å². The highest BCUT2D eigenvalue weighted by Gasteiger charge is 2.30. The number of carboxylic acids is 1. The van der Waals surface area contributed by atoms with Gasteiger partial charge in [0.2, 0.25) is 11.8 Å². The lowest BCUT2D eigenvalue weighted by Gasteiger charge is -2.26. The number of nitrogens with zero attached hydrogens (tertiary/aromatic N) is 3. The van der Waals surface area contributed by atoms with E-state index < -0.39 is 47.6 Å². The van der Waals surface area contributed by atoms with E-state index in [1.54, 1.807) is 20.8 Å². The molecule has 0 radical (unpaired) electrons. The Labute approximate surface area is 200 Å². The normalized spacial score (nSPS) is 13.4. The van der Waals surface area contributed by atoms with Gasteiger partial charge in [-0.3, -0.25) is 9.59 Å². The molecule has 0 fully saturated rings. The molecule has 12 nitrogen and oxygen atoms in total. The van der Waals surface area contributed by atoms with E-state index in [0.717, 1.165) is 0 Å². The van der Waals surface area contributed by atoms with Crippen LogP contribution in [0.2, 0.25) is 0 Å². The van der Waals surface area contributed by atoms with Crippen LogP contribution in [0.3, 0.4) is 0 Å². The number of azide groups is 1. The molecule has 0 aromatic heterocycles. The zero-order valence-electron chi connectivity index (χ0n) is 20.5. The average molecular weight is 481 g/mol. The Kier molecular flexibility index (Phi) is 13.8. The first-order valence-corrected chi connectivity index (χ1v) is 11.1. The number of hydrogen-bond acceptors (Lipinski definition) is 6. The van der Waals surface area contributed by atoms with Gasteiger partial charge in [0.1, 0.15) is 23.7 Å². The maximum Gasteiger partial charge on any atom is 0.408 e. The molecule has 3 atom stereocenters. The van der Waals surface area contributed by atoms with Crippen LogP contribution in [0.15, 0.2) is 5.11 Å². The van der Waals surface area contributed by atoms with Crippen LogP contribution < -0.4 is 16.0 Å². The topological polar surface area (TPSA) is 183 Å². The molecule has 34 heavy (non-hydrogen) atoms. The number of alkyl carbamates (subject to hydrolysis) is 1. The molecule has 4 N–H and O–H groups in total. The minimum absolute atomic E-state index is 0.00642. The van der Waals surface area contributed by atoms with Crippen LogP contribution in [0.1, 0.15) is 66.7 Å². The molecular weight excluding hydrogens is 444 g/mol. The van der Waals surface area contributed by atoms with Gasteiger partial charge in [-0.2, -0.15) is 0 Å². The lowest BCUT2D eigenvalue weighted by atomic mass is 10.0. The maximum absolute atomic E-state index is 13.0. The predicted molar refractivity (Wildman–Crippen MR) is 125 cm³/mol. The van der Waals surface area contributed by atoms with Crippen molar-refractivity contribution < 1.29 is 29.0 Å². The zero-order valence-corrected chi connectivity index (χ0v) is 20.5. The number of unbranched alkanes of at least 4 members (excludes halogenated alkanes) is 1. The quantitative estimate of drug-likeness (QED) is 0.0973. The number of aliphatic carboxylic acids is 1. The fourth-order valence-corrected chi connectivity index (χ4v) is 2.86. The fourth-order valence-electron chi connectivity index (χ4n) is 2.86. The first-order chi connectivity index (χ1) is 15.8. The second-order valence-electron chi connectivity index (χ2n) is 9.15. The minimum Gasteiger partial charge on any atom is -0.480 e. The predicted octanol–water partition coefficient (Wildman–Crippen LogP) is 2.48. The van der Waals surface area contributed by atoms with E-state index in [2.05, 4.69) is 31.9 Å². The summed E-state index contributed by atoms with van der Waals surface area (Å²) in [5, 5.41) is 20.2. The molecule has 3 amide bonds. The molecule has 0 aliphatic carbocycles. The van der Waals surface area contributed by atoms with Crippen molar-refractivity contribution in [1.82, 2.24) is 16.0 Å². The highest BCUT2D eigenvalue weighted by atomic mass is 16.6. The van der Waals surface area contributed by atoms with Gasteiger partial charge in [0.05, 0.1) is 0 Å². The number of carboxylic acid groups (broad SMARTS) is 1. The molecule has 12 heteroatoms. The van der Waals surface area contributed by atoms with E-state index in [0.29, 0.717) is 12.8 Å². The van der Waals surface area contributed by atoms with Crippen molar-refractivity contribution in [3.8, 4) is 12.3 Å². The summed E-state index contributed by atoms with van der Waals surface area (Å²) in [7, 11) is 0. The van der Waals surface area contributed by atoms with Gasteiger partial charge in [0.15, 0.2) is 0 Å². The molecule has 0 bridgehead atoms. The number of amides is 3. The highest BCUT2D eigenvalue weighted by Crippen LogP contribution is 2.11. The van der Waals surface area contributed by atoms with E-state index in [9.17, 15) is 24.3 Å². The van der Waals surface area contributed by atoms with Crippen LogP contribution in [0.4, 0.5) is 4.79 Å². The van der Waals surface area contributed by atoms with E-state index in [4.69, 9.17) is 16.7 Å². The smallest absolute Gasteiger partial charge is 0.408 e. The number of hydrogen-bond donors (Lipinski definition) is 4. The Bertz CT molecular complexity index is 795. The van der Waals surface area contributed by atoms with Gasteiger partial charge in [-0.05, 0) is 51.5 Å². The van der Waals surface area contributed by atoms with Gasteiger partial charge in [0, 0.05) is 17.9 Å². The summed E-state index contributed by atoms with van der Waals surface area (Å²) < 4.78 is 5.23. The molecule has 0 saturated carbocycles. The minimum atomic E-state index is -1.29. The summed E-state index contributed by atoms with van der Waals surface area (Å²) in [5.41, 5.74) is 7.60. The number of carbonyl (C=O) groups is 4. The number of rotatable bonds is 14. The van der Waals surface area contributed by atoms with Crippen LogP contribution in [0.25, 0.3) is 10.4 Å². The third kappa shape index (κ3) is 13.9. The summed E-state index contributed by atoms with van der Waals surface area (Å²) in [6.45, 7) is 8.96. The largest absolute Gasteiger partial charge is 0.480 e. The molecular formula is C22H36N6O6. The average Bonchev–Trinajstić information content (AvgIpc) is 2.69. The first kappa shape index (κ1) is 30.6. The van der Waals surface area contributed by atoms with Gasteiger partial charge in [-0.25, -0.2) is 9.59 Å². The summed E-state index contributed by atoms with van der Waals surface area (Å²) in [4.78, 5) is 52.0. The SMILES string of the molecule is C#CC[C@H](NC(=O)[C@H](CC(C)C)NC(=O)[C@H](CCCCN=[N+]=[N-])NC(=O)OC(C)(C)C)C(=O)O. The number of nitrogens with one attached hydrogen (secondary N) is 3. The Hall–Kier alpha value is -3.45. The van der Waals surface area contributed by atoms with E-state index >= 15 is 0 Å². The summed E-state index contributed by atoms with van der Waals surface area (Å²) >= 11 is 0. The summed E-state index contributed by atoms with van der Waals surface area (Å²) in [5.74, 6) is -0.413. The van der Waals surface area contributed by atoms with Gasteiger partial charge in [0.25, 0.3) is 0 Å². The second kappa shape index (κ2) is 15.4. The highest BCUT2D eigenvalue weighted by molar-refractivity contribution is 5.92. The molecule has 0 aliphatic heterocycles. The molecule has 0 unspecified atom stereocenters.